The SMILES string of the molecule is O=C(Cc1ccccc1)N/N=C\c1ccc(Br)o1. The number of halogens is 1. The van der Waals surface area contributed by atoms with Crippen LogP contribution in [-0.4, -0.2) is 12.1 Å². The van der Waals surface area contributed by atoms with Crippen molar-refractivity contribution in [2.75, 3.05) is 0 Å². The van der Waals surface area contributed by atoms with E-state index in [-0.39, 0.29) is 5.91 Å². The Labute approximate surface area is 113 Å². The lowest BCUT2D eigenvalue weighted by Crippen LogP contribution is -2.19. The largest absolute Gasteiger partial charge is 0.448 e. The third-order valence-electron chi connectivity index (χ3n) is 2.18. The molecule has 0 aliphatic carbocycles. The van der Waals surface area contributed by atoms with Gasteiger partial charge in [0.15, 0.2) is 4.67 Å². The maximum atomic E-state index is 11.5. The fourth-order valence-corrected chi connectivity index (χ4v) is 1.71. The summed E-state index contributed by atoms with van der Waals surface area (Å²) in [7, 11) is 0. The standard InChI is InChI=1S/C13H11BrN2O2/c14-12-7-6-11(18-12)9-15-16-13(17)8-10-4-2-1-3-5-10/h1-7,9H,8H2,(H,16,17)/b15-9-. The number of furan rings is 1. The Hall–Kier alpha value is -1.88. The van der Waals surface area contributed by atoms with Gasteiger partial charge in [-0.15, -0.1) is 0 Å². The average Bonchev–Trinajstić information content (AvgIpc) is 2.76. The van der Waals surface area contributed by atoms with E-state index in [1.807, 2.05) is 30.3 Å². The summed E-state index contributed by atoms with van der Waals surface area (Å²) in [6.45, 7) is 0. The Morgan fingerprint density at radius 3 is 2.72 bits per heavy atom. The van der Waals surface area contributed by atoms with Gasteiger partial charge in [-0.1, -0.05) is 30.3 Å². The lowest BCUT2D eigenvalue weighted by molar-refractivity contribution is -0.120. The first kappa shape index (κ1) is 12.6. The molecule has 2 aromatic rings. The van der Waals surface area contributed by atoms with E-state index in [4.69, 9.17) is 4.42 Å². The minimum absolute atomic E-state index is 0.164. The van der Waals surface area contributed by atoms with Gasteiger partial charge in [0.05, 0.1) is 12.6 Å². The second-order valence-electron chi connectivity index (χ2n) is 3.60. The van der Waals surface area contributed by atoms with Crippen LogP contribution in [0.2, 0.25) is 0 Å². The van der Waals surface area contributed by atoms with E-state index < -0.39 is 0 Å². The van der Waals surface area contributed by atoms with Crippen LogP contribution in [0.5, 0.6) is 0 Å². The molecule has 0 spiro atoms. The van der Waals surface area contributed by atoms with Crippen LogP contribution in [-0.2, 0) is 11.2 Å². The van der Waals surface area contributed by atoms with Crippen molar-refractivity contribution in [3.8, 4) is 0 Å². The van der Waals surface area contributed by atoms with Gasteiger partial charge in [0, 0.05) is 0 Å². The van der Waals surface area contributed by atoms with E-state index in [0.717, 1.165) is 5.56 Å². The third kappa shape index (κ3) is 3.85. The van der Waals surface area contributed by atoms with Crippen LogP contribution in [0.1, 0.15) is 11.3 Å². The van der Waals surface area contributed by atoms with Crippen molar-refractivity contribution in [2.24, 2.45) is 5.10 Å². The highest BCUT2D eigenvalue weighted by molar-refractivity contribution is 9.10. The molecule has 0 radical (unpaired) electrons. The molecule has 0 saturated carbocycles. The van der Waals surface area contributed by atoms with Crippen molar-refractivity contribution in [3.63, 3.8) is 0 Å². The molecule has 2 rings (SSSR count). The van der Waals surface area contributed by atoms with Crippen LogP contribution in [0.4, 0.5) is 0 Å². The van der Waals surface area contributed by atoms with Gasteiger partial charge < -0.3 is 4.42 Å². The number of hydrogen-bond donors (Lipinski definition) is 1. The lowest BCUT2D eigenvalue weighted by atomic mass is 10.1. The molecule has 0 unspecified atom stereocenters. The molecular weight excluding hydrogens is 296 g/mol. The molecule has 1 aromatic carbocycles. The van der Waals surface area contributed by atoms with Gasteiger partial charge in [-0.05, 0) is 33.6 Å². The van der Waals surface area contributed by atoms with E-state index in [9.17, 15) is 4.79 Å². The van der Waals surface area contributed by atoms with Crippen molar-refractivity contribution < 1.29 is 9.21 Å². The smallest absolute Gasteiger partial charge is 0.244 e. The maximum Gasteiger partial charge on any atom is 0.244 e. The molecule has 0 aliphatic heterocycles. The molecule has 5 heteroatoms. The highest BCUT2D eigenvalue weighted by Gasteiger charge is 2.01. The van der Waals surface area contributed by atoms with Crippen molar-refractivity contribution >= 4 is 28.1 Å². The molecule has 1 heterocycles. The predicted octanol–water partition coefficient (Wildman–Crippen LogP) is 2.73. The highest BCUT2D eigenvalue weighted by Crippen LogP contribution is 2.11. The Morgan fingerprint density at radius 1 is 1.28 bits per heavy atom. The quantitative estimate of drug-likeness (QED) is 0.697. The van der Waals surface area contributed by atoms with Crippen molar-refractivity contribution in [1.82, 2.24) is 5.43 Å². The first-order valence-electron chi connectivity index (χ1n) is 5.35. The van der Waals surface area contributed by atoms with Crippen LogP contribution in [0, 0.1) is 0 Å². The summed E-state index contributed by atoms with van der Waals surface area (Å²) in [5.74, 6) is 0.407. The number of hydrogen-bond acceptors (Lipinski definition) is 3. The minimum atomic E-state index is -0.164. The minimum Gasteiger partial charge on any atom is -0.448 e. The van der Waals surface area contributed by atoms with Gasteiger partial charge in [-0.25, -0.2) is 5.43 Å². The molecule has 0 bridgehead atoms. The van der Waals surface area contributed by atoms with Crippen molar-refractivity contribution in [1.29, 1.82) is 0 Å². The van der Waals surface area contributed by atoms with E-state index in [0.29, 0.717) is 16.9 Å². The summed E-state index contributed by atoms with van der Waals surface area (Å²) in [5, 5.41) is 3.81. The number of benzene rings is 1. The molecule has 0 aliphatic rings. The van der Waals surface area contributed by atoms with Crippen LogP contribution in [0.25, 0.3) is 0 Å². The van der Waals surface area contributed by atoms with Crippen LogP contribution >= 0.6 is 15.9 Å². The molecule has 1 amide bonds. The van der Waals surface area contributed by atoms with Crippen LogP contribution in [0.15, 0.2) is 56.7 Å². The Balaban J connectivity index is 1.83. The second kappa shape index (κ2) is 6.16. The third-order valence-corrected chi connectivity index (χ3v) is 2.61. The average molecular weight is 307 g/mol. The van der Waals surface area contributed by atoms with E-state index in [1.165, 1.54) is 6.21 Å². The highest BCUT2D eigenvalue weighted by atomic mass is 79.9. The topological polar surface area (TPSA) is 54.6 Å². The van der Waals surface area contributed by atoms with E-state index in [2.05, 4.69) is 26.5 Å². The summed E-state index contributed by atoms with van der Waals surface area (Å²) in [6.07, 6.45) is 1.76. The number of carbonyl (C=O) groups excluding carboxylic acids is 1. The summed E-state index contributed by atoms with van der Waals surface area (Å²) < 4.78 is 5.82. The van der Waals surface area contributed by atoms with Gasteiger partial charge >= 0.3 is 0 Å². The maximum absolute atomic E-state index is 11.5. The molecule has 0 saturated heterocycles. The molecular formula is C13H11BrN2O2. The zero-order valence-corrected chi connectivity index (χ0v) is 11.1. The number of carbonyl (C=O) groups is 1. The summed E-state index contributed by atoms with van der Waals surface area (Å²) in [5.41, 5.74) is 3.39. The Kier molecular flexibility index (Phi) is 4.30. The van der Waals surface area contributed by atoms with E-state index >= 15 is 0 Å². The van der Waals surface area contributed by atoms with Gasteiger partial charge in [-0.3, -0.25) is 4.79 Å². The Morgan fingerprint density at radius 2 is 2.06 bits per heavy atom. The monoisotopic (exact) mass is 306 g/mol. The van der Waals surface area contributed by atoms with Gasteiger partial charge in [0.25, 0.3) is 0 Å². The van der Waals surface area contributed by atoms with Gasteiger partial charge in [0.2, 0.25) is 5.91 Å². The fourth-order valence-electron chi connectivity index (χ4n) is 1.39. The second-order valence-corrected chi connectivity index (χ2v) is 4.38. The van der Waals surface area contributed by atoms with E-state index in [1.54, 1.807) is 12.1 Å². The summed E-state index contributed by atoms with van der Waals surface area (Å²) in [6, 6.07) is 13.0. The number of nitrogens with zero attached hydrogens (tertiary/aromatic N) is 1. The summed E-state index contributed by atoms with van der Waals surface area (Å²) in [4.78, 5) is 11.5. The molecule has 0 atom stereocenters. The zero-order valence-electron chi connectivity index (χ0n) is 9.47. The number of nitrogens with one attached hydrogen (secondary N) is 1. The summed E-state index contributed by atoms with van der Waals surface area (Å²) >= 11 is 3.18. The van der Waals surface area contributed by atoms with Crippen LogP contribution < -0.4 is 5.43 Å². The van der Waals surface area contributed by atoms with Gasteiger partial charge in [0.1, 0.15) is 5.76 Å². The number of hydrazone groups is 1. The normalized spacial score (nSPS) is 10.7. The first-order chi connectivity index (χ1) is 8.74. The number of rotatable bonds is 4. The fraction of sp³-hybridized carbons (Fsp3) is 0.0769. The predicted molar refractivity (Wildman–Crippen MR) is 72.3 cm³/mol. The Bertz CT molecular complexity index is 549. The molecule has 1 N–H and O–H groups in total. The van der Waals surface area contributed by atoms with Gasteiger partial charge in [-0.2, -0.15) is 5.10 Å². The zero-order chi connectivity index (χ0) is 12.8. The molecule has 0 fully saturated rings. The van der Waals surface area contributed by atoms with Crippen molar-refractivity contribution in [2.45, 2.75) is 6.42 Å². The first-order valence-corrected chi connectivity index (χ1v) is 6.14. The lowest BCUT2D eigenvalue weighted by Gasteiger charge is -1.99. The molecule has 92 valence electrons. The molecule has 1 aromatic heterocycles. The number of amides is 1. The molecule has 18 heavy (non-hydrogen) atoms. The van der Waals surface area contributed by atoms with Crippen molar-refractivity contribution in [3.05, 3.63) is 58.5 Å². The van der Waals surface area contributed by atoms with Crippen LogP contribution in [0.3, 0.4) is 0 Å². The molecule has 4 nitrogen and oxygen atoms in total.